The molecule has 0 spiro atoms. The summed E-state index contributed by atoms with van der Waals surface area (Å²) in [4.78, 5) is 0. The second-order valence-electron chi connectivity index (χ2n) is 4.17. The zero-order valence-electron chi connectivity index (χ0n) is 10.5. The second kappa shape index (κ2) is 5.55. The molecule has 18 heavy (non-hydrogen) atoms. The summed E-state index contributed by atoms with van der Waals surface area (Å²) in [6, 6.07) is 13.8. The molecule has 2 aromatic rings. The molecular weight excluding hydrogens is 290 g/mol. The van der Waals surface area contributed by atoms with E-state index in [1.54, 1.807) is 7.11 Å². The Kier molecular flexibility index (Phi) is 4.04. The van der Waals surface area contributed by atoms with Crippen LogP contribution in [0, 0.1) is 6.92 Å². The maximum absolute atomic E-state index is 6.36. The van der Waals surface area contributed by atoms with E-state index in [4.69, 9.17) is 10.5 Å². The van der Waals surface area contributed by atoms with E-state index in [9.17, 15) is 0 Å². The molecule has 2 N–H and O–H groups in total. The first kappa shape index (κ1) is 13.1. The SMILES string of the molecule is COc1ccccc1C(N)c1cccc(Br)c1C. The molecule has 2 rings (SSSR count). The third-order valence-corrected chi connectivity index (χ3v) is 3.98. The normalized spacial score (nSPS) is 12.2. The van der Waals surface area contributed by atoms with Gasteiger partial charge in [-0.25, -0.2) is 0 Å². The number of methoxy groups -OCH3 is 1. The Morgan fingerprint density at radius 1 is 1.06 bits per heavy atom. The van der Waals surface area contributed by atoms with Gasteiger partial charge in [-0.15, -0.1) is 0 Å². The molecular formula is C15H16BrNO. The summed E-state index contributed by atoms with van der Waals surface area (Å²) in [7, 11) is 1.67. The van der Waals surface area contributed by atoms with Gasteiger partial charge in [0.05, 0.1) is 13.2 Å². The molecule has 0 saturated carbocycles. The number of hydrogen-bond acceptors (Lipinski definition) is 2. The van der Waals surface area contributed by atoms with Crippen LogP contribution in [0.15, 0.2) is 46.9 Å². The first-order valence-corrected chi connectivity index (χ1v) is 6.58. The molecule has 0 aliphatic heterocycles. The highest BCUT2D eigenvalue weighted by Gasteiger charge is 2.16. The summed E-state index contributed by atoms with van der Waals surface area (Å²) in [5, 5.41) is 0. The molecule has 0 aliphatic carbocycles. The number of benzene rings is 2. The van der Waals surface area contributed by atoms with Gasteiger partial charge >= 0.3 is 0 Å². The summed E-state index contributed by atoms with van der Waals surface area (Å²) in [5.41, 5.74) is 9.63. The van der Waals surface area contributed by atoms with Crippen molar-refractivity contribution in [2.45, 2.75) is 13.0 Å². The van der Waals surface area contributed by atoms with Crippen LogP contribution in [0.25, 0.3) is 0 Å². The molecule has 0 aliphatic rings. The minimum absolute atomic E-state index is 0.182. The van der Waals surface area contributed by atoms with Gasteiger partial charge in [0.2, 0.25) is 0 Å². The average molecular weight is 306 g/mol. The predicted molar refractivity (Wildman–Crippen MR) is 77.9 cm³/mol. The number of para-hydroxylation sites is 1. The summed E-state index contributed by atoms with van der Waals surface area (Å²) in [6.45, 7) is 2.06. The number of rotatable bonds is 3. The van der Waals surface area contributed by atoms with Gasteiger partial charge in [0.15, 0.2) is 0 Å². The van der Waals surface area contributed by atoms with Crippen LogP contribution in [-0.2, 0) is 0 Å². The molecule has 1 unspecified atom stereocenters. The average Bonchev–Trinajstić information content (AvgIpc) is 2.41. The molecule has 0 radical (unpaired) electrons. The van der Waals surface area contributed by atoms with Crippen LogP contribution < -0.4 is 10.5 Å². The van der Waals surface area contributed by atoms with Gasteiger partial charge in [-0.2, -0.15) is 0 Å². The molecule has 0 saturated heterocycles. The van der Waals surface area contributed by atoms with Crippen molar-refractivity contribution in [3.05, 3.63) is 63.6 Å². The lowest BCUT2D eigenvalue weighted by atomic mass is 9.95. The summed E-state index contributed by atoms with van der Waals surface area (Å²) < 4.78 is 6.44. The lowest BCUT2D eigenvalue weighted by Crippen LogP contribution is -2.14. The zero-order valence-corrected chi connectivity index (χ0v) is 12.1. The van der Waals surface area contributed by atoms with Crippen molar-refractivity contribution in [3.8, 4) is 5.75 Å². The number of nitrogens with two attached hydrogens (primary N) is 1. The van der Waals surface area contributed by atoms with E-state index >= 15 is 0 Å². The summed E-state index contributed by atoms with van der Waals surface area (Å²) >= 11 is 3.54. The molecule has 0 amide bonds. The first-order valence-electron chi connectivity index (χ1n) is 5.78. The van der Waals surface area contributed by atoms with Crippen LogP contribution in [-0.4, -0.2) is 7.11 Å². The maximum atomic E-state index is 6.36. The maximum Gasteiger partial charge on any atom is 0.123 e. The standard InChI is InChI=1S/C15H16BrNO/c1-10-11(7-5-8-13(10)16)15(17)12-6-3-4-9-14(12)18-2/h3-9,15H,17H2,1-2H3. The van der Waals surface area contributed by atoms with E-state index in [1.807, 2.05) is 36.4 Å². The van der Waals surface area contributed by atoms with Crippen molar-refractivity contribution in [1.29, 1.82) is 0 Å². The molecule has 0 fully saturated rings. The van der Waals surface area contributed by atoms with Crippen molar-refractivity contribution in [2.75, 3.05) is 7.11 Å². The molecule has 3 heteroatoms. The monoisotopic (exact) mass is 305 g/mol. The van der Waals surface area contributed by atoms with Crippen molar-refractivity contribution in [2.24, 2.45) is 5.73 Å². The van der Waals surface area contributed by atoms with Gasteiger partial charge in [-0.1, -0.05) is 46.3 Å². The van der Waals surface area contributed by atoms with E-state index in [-0.39, 0.29) is 6.04 Å². The predicted octanol–water partition coefficient (Wildman–Crippen LogP) is 3.81. The highest BCUT2D eigenvalue weighted by atomic mass is 79.9. The van der Waals surface area contributed by atoms with E-state index in [1.165, 1.54) is 0 Å². The Labute approximate surface area is 116 Å². The highest BCUT2D eigenvalue weighted by Crippen LogP contribution is 2.31. The Morgan fingerprint density at radius 2 is 1.72 bits per heavy atom. The number of ether oxygens (including phenoxy) is 1. The second-order valence-corrected chi connectivity index (χ2v) is 5.03. The topological polar surface area (TPSA) is 35.2 Å². The fourth-order valence-electron chi connectivity index (χ4n) is 2.05. The third-order valence-electron chi connectivity index (χ3n) is 3.12. The molecule has 94 valence electrons. The fourth-order valence-corrected chi connectivity index (χ4v) is 2.43. The van der Waals surface area contributed by atoms with Crippen LogP contribution in [0.1, 0.15) is 22.7 Å². The first-order chi connectivity index (χ1) is 8.65. The minimum Gasteiger partial charge on any atom is -0.496 e. The molecule has 2 nitrogen and oxygen atoms in total. The van der Waals surface area contributed by atoms with Gasteiger partial charge in [0, 0.05) is 10.0 Å². The van der Waals surface area contributed by atoms with Gasteiger partial charge < -0.3 is 10.5 Å². The molecule has 0 bridgehead atoms. The lowest BCUT2D eigenvalue weighted by Gasteiger charge is -2.18. The zero-order chi connectivity index (χ0) is 13.1. The van der Waals surface area contributed by atoms with E-state index in [0.29, 0.717) is 0 Å². The third kappa shape index (κ3) is 2.42. The summed E-state index contributed by atoms with van der Waals surface area (Å²) in [5.74, 6) is 0.823. The number of hydrogen-bond donors (Lipinski definition) is 1. The summed E-state index contributed by atoms with van der Waals surface area (Å²) in [6.07, 6.45) is 0. The molecule has 1 atom stereocenters. The van der Waals surface area contributed by atoms with Crippen LogP contribution >= 0.6 is 15.9 Å². The van der Waals surface area contributed by atoms with Crippen molar-refractivity contribution >= 4 is 15.9 Å². The highest BCUT2D eigenvalue weighted by molar-refractivity contribution is 9.10. The molecule has 0 heterocycles. The Morgan fingerprint density at radius 3 is 2.44 bits per heavy atom. The van der Waals surface area contributed by atoms with Crippen molar-refractivity contribution < 1.29 is 4.74 Å². The van der Waals surface area contributed by atoms with Crippen LogP contribution in [0.4, 0.5) is 0 Å². The molecule has 2 aromatic carbocycles. The van der Waals surface area contributed by atoms with Gasteiger partial charge in [-0.3, -0.25) is 0 Å². The van der Waals surface area contributed by atoms with Crippen LogP contribution in [0.2, 0.25) is 0 Å². The number of halogens is 1. The van der Waals surface area contributed by atoms with Gasteiger partial charge in [-0.05, 0) is 30.2 Å². The largest absolute Gasteiger partial charge is 0.496 e. The smallest absolute Gasteiger partial charge is 0.123 e. The van der Waals surface area contributed by atoms with Crippen molar-refractivity contribution in [3.63, 3.8) is 0 Å². The van der Waals surface area contributed by atoms with Crippen LogP contribution in [0.3, 0.4) is 0 Å². The Balaban J connectivity index is 2.48. The quantitative estimate of drug-likeness (QED) is 0.936. The Hall–Kier alpha value is -1.32. The van der Waals surface area contributed by atoms with Gasteiger partial charge in [0.25, 0.3) is 0 Å². The lowest BCUT2D eigenvalue weighted by molar-refractivity contribution is 0.408. The molecule has 0 aromatic heterocycles. The van der Waals surface area contributed by atoms with E-state index in [2.05, 4.69) is 28.9 Å². The van der Waals surface area contributed by atoms with Crippen molar-refractivity contribution in [1.82, 2.24) is 0 Å². The van der Waals surface area contributed by atoms with Gasteiger partial charge in [0.1, 0.15) is 5.75 Å². The minimum atomic E-state index is -0.182. The van der Waals surface area contributed by atoms with E-state index < -0.39 is 0 Å². The van der Waals surface area contributed by atoms with Crippen LogP contribution in [0.5, 0.6) is 5.75 Å². The fraction of sp³-hybridized carbons (Fsp3) is 0.200. The van der Waals surface area contributed by atoms with E-state index in [0.717, 1.165) is 26.9 Å². The Bertz CT molecular complexity index is 554.